The van der Waals surface area contributed by atoms with Crippen molar-refractivity contribution in [2.75, 3.05) is 7.11 Å². The van der Waals surface area contributed by atoms with E-state index in [1.165, 1.54) is 0 Å². The fraction of sp³-hybridized carbons (Fsp3) is 0.500. The van der Waals surface area contributed by atoms with E-state index in [1.807, 2.05) is 0 Å². The number of hydrogen-bond donors (Lipinski definition) is 0. The molecule has 0 heterocycles. The van der Waals surface area contributed by atoms with Gasteiger partial charge in [0.15, 0.2) is 0 Å². The molecular weight excluding hydrogens is 199 g/mol. The average Bonchev–Trinajstić information content (AvgIpc) is 1.98. The van der Waals surface area contributed by atoms with Crippen LogP contribution in [0.25, 0.3) is 0 Å². The summed E-state index contributed by atoms with van der Waals surface area (Å²) < 4.78 is 61.7. The second-order valence-corrected chi connectivity index (χ2v) is 1.81. The molecule has 0 spiro atoms. The van der Waals surface area contributed by atoms with Gasteiger partial charge in [0.2, 0.25) is 0 Å². The molecule has 0 unspecified atom stereocenters. The van der Waals surface area contributed by atoms with Gasteiger partial charge in [-0.05, 0) is 5.92 Å². The van der Waals surface area contributed by atoms with Crippen LogP contribution in [0.1, 0.15) is 0 Å². The van der Waals surface area contributed by atoms with Gasteiger partial charge < -0.3 is 4.74 Å². The van der Waals surface area contributed by atoms with Crippen molar-refractivity contribution in [1.82, 2.24) is 0 Å². The fourth-order valence-electron chi connectivity index (χ4n) is 0.251. The Morgan fingerprint density at radius 1 is 1.23 bits per heavy atom. The highest BCUT2D eigenvalue weighted by Crippen LogP contribution is 2.34. The molecule has 0 fully saturated rings. The van der Waals surface area contributed by atoms with E-state index < -0.39 is 18.1 Å². The van der Waals surface area contributed by atoms with E-state index in [4.69, 9.17) is 0 Å². The van der Waals surface area contributed by atoms with Gasteiger partial charge in [-0.25, -0.2) is 4.79 Å². The molecule has 2 nitrogen and oxygen atoms in total. The maximum Gasteiger partial charge on any atom is 0.466 e. The van der Waals surface area contributed by atoms with Crippen LogP contribution in [0.5, 0.6) is 0 Å². The number of esters is 1. The Morgan fingerprint density at radius 3 is 2.00 bits per heavy atom. The Bertz CT molecular complexity index is 256. The largest absolute Gasteiger partial charge is 0.466 e. The van der Waals surface area contributed by atoms with Crippen LogP contribution in [0.4, 0.5) is 22.0 Å². The van der Waals surface area contributed by atoms with Gasteiger partial charge >= 0.3 is 18.1 Å². The molecule has 0 bridgehead atoms. The summed E-state index contributed by atoms with van der Waals surface area (Å²) in [5, 5.41) is 0. The molecule has 74 valence electrons. The number of methoxy groups -OCH3 is 1. The zero-order valence-electron chi connectivity index (χ0n) is 6.21. The minimum absolute atomic E-state index is 0.467. The number of ether oxygens (including phenoxy) is 1. The summed E-state index contributed by atoms with van der Waals surface area (Å²) in [5.41, 5.74) is 0. The lowest BCUT2D eigenvalue weighted by Gasteiger charge is -2.12. The third-order valence-electron chi connectivity index (χ3n) is 0.863. The standard InChI is InChI=1S/C6H3F5O2/c1-13-4(12)2-3-5(7,8)6(9,10)11/h1H3. The van der Waals surface area contributed by atoms with E-state index in [2.05, 4.69) is 4.74 Å². The molecule has 0 aromatic carbocycles. The molecule has 0 N–H and O–H groups in total. The molecule has 0 radical (unpaired) electrons. The van der Waals surface area contributed by atoms with Crippen molar-refractivity contribution in [1.29, 1.82) is 0 Å². The van der Waals surface area contributed by atoms with Gasteiger partial charge in [0.05, 0.1) is 7.11 Å². The van der Waals surface area contributed by atoms with Crippen molar-refractivity contribution < 1.29 is 31.5 Å². The lowest BCUT2D eigenvalue weighted by Crippen LogP contribution is -2.34. The van der Waals surface area contributed by atoms with E-state index in [1.54, 1.807) is 0 Å². The van der Waals surface area contributed by atoms with Crippen molar-refractivity contribution in [3.63, 3.8) is 0 Å². The van der Waals surface area contributed by atoms with Crippen LogP contribution in [0.3, 0.4) is 0 Å². The summed E-state index contributed by atoms with van der Waals surface area (Å²) in [6, 6.07) is 0. The first-order valence-electron chi connectivity index (χ1n) is 2.76. The van der Waals surface area contributed by atoms with E-state index in [-0.39, 0.29) is 0 Å². The first-order chi connectivity index (χ1) is 5.70. The van der Waals surface area contributed by atoms with Gasteiger partial charge in [0.1, 0.15) is 0 Å². The van der Waals surface area contributed by atoms with Gasteiger partial charge in [-0.2, -0.15) is 22.0 Å². The molecule has 0 aliphatic heterocycles. The maximum atomic E-state index is 11.9. The highest BCUT2D eigenvalue weighted by Gasteiger charge is 2.56. The van der Waals surface area contributed by atoms with Crippen LogP contribution in [-0.4, -0.2) is 25.2 Å². The van der Waals surface area contributed by atoms with Gasteiger partial charge in [0.25, 0.3) is 0 Å². The Morgan fingerprint density at radius 2 is 1.69 bits per heavy atom. The van der Waals surface area contributed by atoms with E-state index in [9.17, 15) is 26.7 Å². The first kappa shape index (κ1) is 11.7. The highest BCUT2D eigenvalue weighted by atomic mass is 19.4. The minimum atomic E-state index is -5.78. The van der Waals surface area contributed by atoms with Crippen LogP contribution in [0.15, 0.2) is 0 Å². The number of alkyl halides is 5. The summed E-state index contributed by atoms with van der Waals surface area (Å²) >= 11 is 0. The SMILES string of the molecule is COC(=O)C#CC(F)(F)C(F)(F)F. The third kappa shape index (κ3) is 3.27. The Hall–Kier alpha value is -1.32. The molecule has 13 heavy (non-hydrogen) atoms. The molecule has 0 aliphatic rings. The molecule has 0 amide bonds. The topological polar surface area (TPSA) is 26.3 Å². The summed E-state index contributed by atoms with van der Waals surface area (Å²) in [5.74, 6) is -5.18. The van der Waals surface area contributed by atoms with E-state index >= 15 is 0 Å². The van der Waals surface area contributed by atoms with Crippen molar-refractivity contribution >= 4 is 5.97 Å². The van der Waals surface area contributed by atoms with Crippen LogP contribution in [-0.2, 0) is 9.53 Å². The third-order valence-corrected chi connectivity index (χ3v) is 0.863. The summed E-state index contributed by atoms with van der Waals surface area (Å²) in [7, 11) is 0.808. The van der Waals surface area contributed by atoms with Gasteiger partial charge in [-0.1, -0.05) is 0 Å². The normalized spacial score (nSPS) is 11.5. The van der Waals surface area contributed by atoms with Crippen LogP contribution < -0.4 is 0 Å². The molecular formula is C6H3F5O2. The first-order valence-corrected chi connectivity index (χ1v) is 2.76. The van der Waals surface area contributed by atoms with Crippen molar-refractivity contribution in [2.45, 2.75) is 12.1 Å². The number of rotatable bonds is 0. The second kappa shape index (κ2) is 3.60. The summed E-state index contributed by atoms with van der Waals surface area (Å²) in [4.78, 5) is 10.1. The second-order valence-electron chi connectivity index (χ2n) is 1.81. The van der Waals surface area contributed by atoms with Crippen molar-refractivity contribution in [2.24, 2.45) is 0 Å². The fourth-order valence-corrected chi connectivity index (χ4v) is 0.251. The minimum Gasteiger partial charge on any atom is -0.459 e. The molecule has 0 saturated heterocycles. The lowest BCUT2D eigenvalue weighted by molar-refractivity contribution is -0.254. The predicted octanol–water partition coefficient (Wildman–Crippen LogP) is 1.36. The molecule has 0 aromatic heterocycles. The Balaban J connectivity index is 4.66. The number of carbonyl (C=O) groups excluding carboxylic acids is 1. The quantitative estimate of drug-likeness (QED) is 0.256. The summed E-state index contributed by atoms with van der Waals surface area (Å²) in [6.07, 6.45) is -5.78. The van der Waals surface area contributed by atoms with Crippen molar-refractivity contribution in [3.05, 3.63) is 0 Å². The Labute approximate surface area is 69.7 Å². The molecule has 0 aromatic rings. The highest BCUT2D eigenvalue weighted by molar-refractivity contribution is 5.88. The monoisotopic (exact) mass is 202 g/mol. The molecule has 0 aliphatic carbocycles. The molecule has 7 heteroatoms. The molecule has 0 atom stereocenters. The molecule has 0 rings (SSSR count). The number of carbonyl (C=O) groups is 1. The Kier molecular flexibility index (Phi) is 3.23. The van der Waals surface area contributed by atoms with Gasteiger partial charge in [-0.3, -0.25) is 0 Å². The van der Waals surface area contributed by atoms with Gasteiger partial charge in [-0.15, -0.1) is 0 Å². The van der Waals surface area contributed by atoms with E-state index in [0.29, 0.717) is 5.92 Å². The van der Waals surface area contributed by atoms with Crippen LogP contribution >= 0.6 is 0 Å². The lowest BCUT2D eigenvalue weighted by atomic mass is 10.3. The van der Waals surface area contributed by atoms with Crippen molar-refractivity contribution in [3.8, 4) is 11.8 Å². The van der Waals surface area contributed by atoms with Crippen LogP contribution in [0.2, 0.25) is 0 Å². The zero-order chi connectivity index (χ0) is 10.7. The van der Waals surface area contributed by atoms with Gasteiger partial charge in [0, 0.05) is 5.92 Å². The number of halogens is 5. The smallest absolute Gasteiger partial charge is 0.459 e. The molecule has 0 saturated carbocycles. The summed E-state index contributed by atoms with van der Waals surface area (Å²) in [6.45, 7) is 0. The maximum absolute atomic E-state index is 11.9. The van der Waals surface area contributed by atoms with Crippen LogP contribution in [0, 0.1) is 11.8 Å². The zero-order valence-corrected chi connectivity index (χ0v) is 6.21. The van der Waals surface area contributed by atoms with E-state index in [0.717, 1.165) is 13.0 Å². The average molecular weight is 202 g/mol. The number of hydrogen-bond acceptors (Lipinski definition) is 2. The predicted molar refractivity (Wildman–Crippen MR) is 30.8 cm³/mol.